The van der Waals surface area contributed by atoms with Gasteiger partial charge in [0, 0.05) is 5.75 Å². The number of ether oxygens (including phenoxy) is 1. The van der Waals surface area contributed by atoms with Gasteiger partial charge >= 0.3 is 0 Å². The van der Waals surface area contributed by atoms with Crippen LogP contribution < -0.4 is 10.1 Å². The van der Waals surface area contributed by atoms with Crippen LogP contribution in [0, 0.1) is 0 Å². The molecule has 7 heteroatoms. The summed E-state index contributed by atoms with van der Waals surface area (Å²) in [5, 5.41) is 11.5. The van der Waals surface area contributed by atoms with Gasteiger partial charge in [-0.25, -0.2) is 0 Å². The number of benzene rings is 2. The molecule has 0 saturated carbocycles. The standard InChI is InChI=1S/C21H23N3O2S2/c1-3-15-10-12-17(13-11-15)26-18(4-2)19(25)22-20-23-24-21(28-20)27-14-16-8-6-5-7-9-16/h5-13,18H,3-4,14H2,1-2H3,(H,22,23,25)/t18-/m1/s1. The Morgan fingerprint density at radius 1 is 1.07 bits per heavy atom. The van der Waals surface area contributed by atoms with Crippen LogP contribution in [0.4, 0.5) is 5.13 Å². The molecule has 1 amide bonds. The van der Waals surface area contributed by atoms with E-state index in [1.807, 2.05) is 49.4 Å². The summed E-state index contributed by atoms with van der Waals surface area (Å²) in [5.74, 6) is 1.30. The molecule has 28 heavy (non-hydrogen) atoms. The van der Waals surface area contributed by atoms with Gasteiger partial charge in [0.1, 0.15) is 5.75 Å². The molecule has 3 rings (SSSR count). The third kappa shape index (κ3) is 5.81. The van der Waals surface area contributed by atoms with Gasteiger partial charge in [0.15, 0.2) is 10.4 Å². The lowest BCUT2D eigenvalue weighted by Gasteiger charge is -2.16. The zero-order valence-electron chi connectivity index (χ0n) is 15.9. The highest BCUT2D eigenvalue weighted by atomic mass is 32.2. The van der Waals surface area contributed by atoms with Crippen molar-refractivity contribution in [2.45, 2.75) is 42.9 Å². The molecular formula is C21H23N3O2S2. The molecule has 0 aliphatic rings. The van der Waals surface area contributed by atoms with Crippen molar-refractivity contribution in [3.05, 3.63) is 65.7 Å². The van der Waals surface area contributed by atoms with E-state index in [0.717, 1.165) is 16.5 Å². The average molecular weight is 414 g/mol. The van der Waals surface area contributed by atoms with Crippen LogP contribution in [-0.4, -0.2) is 22.2 Å². The second-order valence-electron chi connectivity index (χ2n) is 6.15. The molecule has 3 aromatic rings. The summed E-state index contributed by atoms with van der Waals surface area (Å²) in [7, 11) is 0. The molecule has 5 nitrogen and oxygen atoms in total. The number of carbonyl (C=O) groups is 1. The Bertz CT molecular complexity index is 882. The van der Waals surface area contributed by atoms with E-state index in [0.29, 0.717) is 17.3 Å². The fourth-order valence-electron chi connectivity index (χ4n) is 2.51. The maximum atomic E-state index is 12.6. The summed E-state index contributed by atoms with van der Waals surface area (Å²) in [4.78, 5) is 12.6. The molecule has 2 aromatic carbocycles. The normalized spacial score (nSPS) is 11.8. The van der Waals surface area contributed by atoms with E-state index in [4.69, 9.17) is 4.74 Å². The number of rotatable bonds is 9. The first-order chi connectivity index (χ1) is 13.7. The van der Waals surface area contributed by atoms with E-state index in [-0.39, 0.29) is 5.91 Å². The van der Waals surface area contributed by atoms with E-state index in [2.05, 4.69) is 34.6 Å². The highest BCUT2D eigenvalue weighted by Crippen LogP contribution is 2.28. The molecule has 1 heterocycles. The largest absolute Gasteiger partial charge is 0.481 e. The van der Waals surface area contributed by atoms with E-state index < -0.39 is 6.10 Å². The third-order valence-corrected chi connectivity index (χ3v) is 6.16. The molecule has 0 aliphatic carbocycles. The zero-order chi connectivity index (χ0) is 19.8. The van der Waals surface area contributed by atoms with E-state index in [1.54, 1.807) is 11.8 Å². The highest BCUT2D eigenvalue weighted by molar-refractivity contribution is 8.00. The maximum absolute atomic E-state index is 12.6. The second kappa shape index (κ2) is 10.2. The smallest absolute Gasteiger partial charge is 0.267 e. The number of amides is 1. The predicted molar refractivity (Wildman–Crippen MR) is 115 cm³/mol. The maximum Gasteiger partial charge on any atom is 0.267 e. The number of nitrogens with one attached hydrogen (secondary N) is 1. The fourth-order valence-corrected chi connectivity index (χ4v) is 4.22. The molecular weight excluding hydrogens is 390 g/mol. The third-order valence-electron chi connectivity index (χ3n) is 4.11. The molecule has 146 valence electrons. The van der Waals surface area contributed by atoms with Crippen molar-refractivity contribution in [3.63, 3.8) is 0 Å². The second-order valence-corrected chi connectivity index (χ2v) is 8.35. The van der Waals surface area contributed by atoms with Gasteiger partial charge in [-0.3, -0.25) is 10.1 Å². The minimum Gasteiger partial charge on any atom is -0.481 e. The molecule has 0 saturated heterocycles. The lowest BCUT2D eigenvalue weighted by Crippen LogP contribution is -2.32. The van der Waals surface area contributed by atoms with Crippen molar-refractivity contribution in [3.8, 4) is 5.75 Å². The van der Waals surface area contributed by atoms with Crippen LogP contribution in [0.1, 0.15) is 31.4 Å². The summed E-state index contributed by atoms with van der Waals surface area (Å²) in [6.07, 6.45) is 0.965. The summed E-state index contributed by atoms with van der Waals surface area (Å²) in [6.45, 7) is 4.03. The van der Waals surface area contributed by atoms with Crippen LogP contribution in [0.2, 0.25) is 0 Å². The summed E-state index contributed by atoms with van der Waals surface area (Å²) in [5.41, 5.74) is 2.46. The molecule has 0 fully saturated rings. The molecule has 0 radical (unpaired) electrons. The summed E-state index contributed by atoms with van der Waals surface area (Å²) < 4.78 is 6.67. The van der Waals surface area contributed by atoms with Crippen molar-refractivity contribution in [2.75, 3.05) is 5.32 Å². The van der Waals surface area contributed by atoms with Crippen molar-refractivity contribution in [1.29, 1.82) is 0 Å². The van der Waals surface area contributed by atoms with Gasteiger partial charge in [-0.05, 0) is 36.1 Å². The van der Waals surface area contributed by atoms with Crippen LogP contribution in [0.5, 0.6) is 5.75 Å². The van der Waals surface area contributed by atoms with Gasteiger partial charge in [0.25, 0.3) is 5.91 Å². The van der Waals surface area contributed by atoms with Gasteiger partial charge in [-0.1, -0.05) is 79.4 Å². The SMILES string of the molecule is CCc1ccc(O[C@H](CC)C(=O)Nc2nnc(SCc3ccccc3)s2)cc1. The van der Waals surface area contributed by atoms with Gasteiger partial charge in [0.2, 0.25) is 5.13 Å². The monoisotopic (exact) mass is 413 g/mol. The fraction of sp³-hybridized carbons (Fsp3) is 0.286. The Labute approximate surface area is 173 Å². The lowest BCUT2D eigenvalue weighted by atomic mass is 10.2. The molecule has 0 aliphatic heterocycles. The van der Waals surface area contributed by atoms with Crippen LogP contribution >= 0.6 is 23.1 Å². The number of aromatic nitrogens is 2. The van der Waals surface area contributed by atoms with E-state index in [1.165, 1.54) is 22.5 Å². The number of hydrogen-bond donors (Lipinski definition) is 1. The van der Waals surface area contributed by atoms with Crippen molar-refractivity contribution >= 4 is 34.1 Å². The van der Waals surface area contributed by atoms with Gasteiger partial charge < -0.3 is 4.74 Å². The summed E-state index contributed by atoms with van der Waals surface area (Å²) in [6, 6.07) is 18.0. The number of nitrogens with zero attached hydrogens (tertiary/aromatic N) is 2. The first-order valence-electron chi connectivity index (χ1n) is 9.24. The van der Waals surface area contributed by atoms with Crippen LogP contribution in [0.25, 0.3) is 0 Å². The van der Waals surface area contributed by atoms with Crippen LogP contribution in [-0.2, 0) is 17.0 Å². The number of thioether (sulfide) groups is 1. The van der Waals surface area contributed by atoms with Gasteiger partial charge in [0.05, 0.1) is 0 Å². The summed E-state index contributed by atoms with van der Waals surface area (Å²) >= 11 is 2.98. The lowest BCUT2D eigenvalue weighted by molar-refractivity contribution is -0.122. The zero-order valence-corrected chi connectivity index (χ0v) is 17.6. The Balaban J connectivity index is 1.54. The molecule has 0 unspecified atom stereocenters. The first kappa shape index (κ1) is 20.4. The molecule has 1 aromatic heterocycles. The Hall–Kier alpha value is -2.38. The highest BCUT2D eigenvalue weighted by Gasteiger charge is 2.20. The topological polar surface area (TPSA) is 64.1 Å². The van der Waals surface area contributed by atoms with Crippen molar-refractivity contribution < 1.29 is 9.53 Å². The van der Waals surface area contributed by atoms with Crippen molar-refractivity contribution in [1.82, 2.24) is 10.2 Å². The number of hydrogen-bond acceptors (Lipinski definition) is 6. The minimum absolute atomic E-state index is 0.210. The van der Waals surface area contributed by atoms with Gasteiger partial charge in [-0.15, -0.1) is 10.2 Å². The van der Waals surface area contributed by atoms with Gasteiger partial charge in [-0.2, -0.15) is 0 Å². The number of carbonyl (C=O) groups excluding carboxylic acids is 1. The Morgan fingerprint density at radius 3 is 2.50 bits per heavy atom. The van der Waals surface area contributed by atoms with Crippen molar-refractivity contribution in [2.24, 2.45) is 0 Å². The number of aryl methyl sites for hydroxylation is 1. The minimum atomic E-state index is -0.572. The van der Waals surface area contributed by atoms with Crippen LogP contribution in [0.15, 0.2) is 58.9 Å². The van der Waals surface area contributed by atoms with E-state index >= 15 is 0 Å². The van der Waals surface area contributed by atoms with Crippen LogP contribution in [0.3, 0.4) is 0 Å². The molecule has 1 atom stereocenters. The quantitative estimate of drug-likeness (QED) is 0.386. The average Bonchev–Trinajstić information content (AvgIpc) is 3.19. The first-order valence-corrected chi connectivity index (χ1v) is 11.0. The Morgan fingerprint density at radius 2 is 1.82 bits per heavy atom. The molecule has 0 spiro atoms. The number of anilines is 1. The predicted octanol–water partition coefficient (Wildman–Crippen LogP) is 5.19. The van der Waals surface area contributed by atoms with E-state index in [9.17, 15) is 4.79 Å². The molecule has 1 N–H and O–H groups in total. The Kier molecular flexibility index (Phi) is 7.45. The molecule has 0 bridgehead atoms.